The number of hydrogen-bond donors (Lipinski definition) is 1. The second-order valence-corrected chi connectivity index (χ2v) is 8.42. The molecule has 0 amide bonds. The number of halogens is 7. The minimum absolute atomic E-state index is 0. The molecule has 34 heavy (non-hydrogen) atoms. The first-order valence-electron chi connectivity index (χ1n) is 9.13. The molecule has 0 atom stereocenters. The van der Waals surface area contributed by atoms with Crippen LogP contribution in [0.5, 0.6) is 0 Å². The van der Waals surface area contributed by atoms with Gasteiger partial charge in [0.05, 0.1) is 11.2 Å². The molecular weight excluding hydrogens is 588 g/mol. The van der Waals surface area contributed by atoms with Gasteiger partial charge in [-0.05, 0) is 24.3 Å². The number of nitrogens with zero attached hydrogens (tertiary/aromatic N) is 2. The van der Waals surface area contributed by atoms with Gasteiger partial charge < -0.3 is 17.4 Å². The zero-order valence-corrected chi connectivity index (χ0v) is 20.4. The maximum Gasteiger partial charge on any atom is 3.00 e. The fourth-order valence-electron chi connectivity index (χ4n) is 2.81. The molecule has 0 unspecified atom stereocenters. The SMILES string of the molecule is F[P-](F)(F)(F)(F)F.[Cl-].[Ru+3].[c-]1ccccc1.c1ccc(-c2nccc3c2[nH]c2ccccc23)nc1. The summed E-state index contributed by atoms with van der Waals surface area (Å²) in [6.07, 6.45) is 3.63. The monoisotopic (exact) mass is 604 g/mol. The molecule has 5 rings (SSSR count). The van der Waals surface area contributed by atoms with Gasteiger partial charge in [0.1, 0.15) is 5.69 Å². The quantitative estimate of drug-likeness (QED) is 0.117. The van der Waals surface area contributed by atoms with Gasteiger partial charge in [0.15, 0.2) is 0 Å². The number of pyridine rings is 2. The van der Waals surface area contributed by atoms with E-state index in [1.54, 1.807) is 6.20 Å². The van der Waals surface area contributed by atoms with Crippen LogP contribution < -0.4 is 12.4 Å². The van der Waals surface area contributed by atoms with Crippen LogP contribution in [0.4, 0.5) is 25.2 Å². The predicted octanol–water partition coefficient (Wildman–Crippen LogP) is 5.65. The molecule has 3 nitrogen and oxygen atoms in total. The van der Waals surface area contributed by atoms with Gasteiger partial charge in [0.25, 0.3) is 0 Å². The first kappa shape index (κ1) is 29.5. The molecule has 2 aromatic carbocycles. The number of hydrogen-bond acceptors (Lipinski definition) is 2. The van der Waals surface area contributed by atoms with Crippen LogP contribution in [-0.2, 0) is 19.5 Å². The van der Waals surface area contributed by atoms with Crippen LogP contribution in [0.3, 0.4) is 0 Å². The third-order valence-corrected chi connectivity index (χ3v) is 3.94. The number of para-hydroxylation sites is 1. The first-order valence-corrected chi connectivity index (χ1v) is 11.2. The molecule has 0 spiro atoms. The number of aromatic nitrogens is 3. The molecule has 181 valence electrons. The van der Waals surface area contributed by atoms with Crippen molar-refractivity contribution in [2.24, 2.45) is 0 Å². The van der Waals surface area contributed by atoms with Crippen molar-refractivity contribution in [3.05, 3.63) is 97.3 Å². The van der Waals surface area contributed by atoms with Crippen molar-refractivity contribution in [1.82, 2.24) is 15.0 Å². The van der Waals surface area contributed by atoms with Crippen molar-refractivity contribution in [2.75, 3.05) is 0 Å². The number of fused-ring (bicyclic) bond motifs is 3. The smallest absolute Gasteiger partial charge is 1.00 e. The summed E-state index contributed by atoms with van der Waals surface area (Å²) in [5, 5.41) is 2.41. The molecule has 0 aliphatic rings. The van der Waals surface area contributed by atoms with Gasteiger partial charge in [-0.2, -0.15) is 36.4 Å². The summed E-state index contributed by atoms with van der Waals surface area (Å²) in [6.45, 7) is 0. The Morgan fingerprint density at radius 3 is 1.82 bits per heavy atom. The zero-order valence-electron chi connectivity index (χ0n) is 17.0. The topological polar surface area (TPSA) is 41.6 Å². The number of benzene rings is 2. The second kappa shape index (κ2) is 10.8. The predicted molar refractivity (Wildman–Crippen MR) is 116 cm³/mol. The van der Waals surface area contributed by atoms with Crippen LogP contribution in [0.25, 0.3) is 33.2 Å². The molecule has 1 N–H and O–H groups in total. The average Bonchev–Trinajstić information content (AvgIpc) is 3.13. The number of nitrogens with one attached hydrogen (secondary N) is 1. The van der Waals surface area contributed by atoms with Crippen molar-refractivity contribution in [2.45, 2.75) is 0 Å². The van der Waals surface area contributed by atoms with E-state index in [0.29, 0.717) is 0 Å². The van der Waals surface area contributed by atoms with Crippen LogP contribution >= 0.6 is 7.81 Å². The zero-order chi connectivity index (χ0) is 23.3. The van der Waals surface area contributed by atoms with Crippen molar-refractivity contribution in [1.29, 1.82) is 0 Å². The molecule has 0 bridgehead atoms. The summed E-state index contributed by atoms with van der Waals surface area (Å²) in [5.74, 6) is 0. The molecule has 12 heteroatoms. The third-order valence-electron chi connectivity index (χ3n) is 3.94. The van der Waals surface area contributed by atoms with E-state index in [1.165, 1.54) is 10.8 Å². The van der Waals surface area contributed by atoms with E-state index in [0.717, 1.165) is 22.4 Å². The van der Waals surface area contributed by atoms with Crippen LogP contribution in [0, 0.1) is 6.07 Å². The van der Waals surface area contributed by atoms with Crippen molar-refractivity contribution in [3.8, 4) is 11.4 Å². The van der Waals surface area contributed by atoms with Gasteiger partial charge in [-0.25, -0.2) is 0 Å². The van der Waals surface area contributed by atoms with Crippen LogP contribution in [0.1, 0.15) is 0 Å². The van der Waals surface area contributed by atoms with Crippen LogP contribution in [0.2, 0.25) is 0 Å². The summed E-state index contributed by atoms with van der Waals surface area (Å²) < 4.78 is 59.2. The summed E-state index contributed by atoms with van der Waals surface area (Å²) in [5.41, 5.74) is 3.96. The molecule has 1 radical (unpaired) electrons. The van der Waals surface area contributed by atoms with Crippen molar-refractivity contribution >= 4 is 29.6 Å². The van der Waals surface area contributed by atoms with Crippen molar-refractivity contribution in [3.63, 3.8) is 0 Å². The Bertz CT molecular complexity index is 1280. The molecule has 0 aliphatic carbocycles. The number of rotatable bonds is 1. The molecule has 3 heterocycles. The van der Waals surface area contributed by atoms with E-state index in [9.17, 15) is 25.2 Å². The number of H-pyrrole nitrogens is 1. The second-order valence-electron chi connectivity index (χ2n) is 6.50. The largest absolute Gasteiger partial charge is 3.00 e. The van der Waals surface area contributed by atoms with Gasteiger partial charge in [0, 0.05) is 28.7 Å². The van der Waals surface area contributed by atoms with Gasteiger partial charge in [0.2, 0.25) is 0 Å². The van der Waals surface area contributed by atoms with Crippen LogP contribution in [0.15, 0.2) is 91.3 Å². The Labute approximate surface area is 210 Å². The minimum Gasteiger partial charge on any atom is -1.00 e. The van der Waals surface area contributed by atoms with E-state index in [1.807, 2.05) is 66.9 Å². The summed E-state index contributed by atoms with van der Waals surface area (Å²) in [7, 11) is -10.7. The minimum atomic E-state index is -10.7. The summed E-state index contributed by atoms with van der Waals surface area (Å²) >= 11 is 0. The van der Waals surface area contributed by atoms with Crippen molar-refractivity contribution < 1.29 is 57.1 Å². The van der Waals surface area contributed by atoms with Gasteiger partial charge in [-0.1, -0.05) is 24.3 Å². The maximum absolute atomic E-state index is 10.7. The molecule has 5 aromatic rings. The number of aromatic amines is 1. The van der Waals surface area contributed by atoms with E-state index >= 15 is 0 Å². The Kier molecular flexibility index (Phi) is 9.38. The van der Waals surface area contributed by atoms with Gasteiger partial charge in [-0.3, -0.25) is 9.97 Å². The van der Waals surface area contributed by atoms with E-state index in [4.69, 9.17) is 0 Å². The molecule has 0 saturated carbocycles. The average molecular weight is 604 g/mol. The van der Waals surface area contributed by atoms with Crippen LogP contribution in [-0.4, -0.2) is 15.0 Å². The Hall–Kier alpha value is -2.54. The molecular formula is C22H16ClF6N3PRu. The Morgan fingerprint density at radius 2 is 1.29 bits per heavy atom. The maximum atomic E-state index is 9.87. The fraction of sp³-hybridized carbons (Fsp3) is 0. The Morgan fingerprint density at radius 1 is 0.676 bits per heavy atom. The fourth-order valence-corrected chi connectivity index (χ4v) is 2.81. The summed E-state index contributed by atoms with van der Waals surface area (Å²) in [4.78, 5) is 12.3. The Balaban J connectivity index is 0.000000324. The third kappa shape index (κ3) is 10.2. The normalized spacial score (nSPS) is 12.4. The first-order chi connectivity index (χ1) is 14.9. The molecule has 0 saturated heterocycles. The van der Waals surface area contributed by atoms with E-state index < -0.39 is 7.81 Å². The molecule has 0 aliphatic heterocycles. The summed E-state index contributed by atoms with van der Waals surface area (Å²) in [6, 6.07) is 28.7. The van der Waals surface area contributed by atoms with E-state index in [-0.39, 0.29) is 31.9 Å². The van der Waals surface area contributed by atoms with Gasteiger partial charge >= 0.3 is 52.5 Å². The standard InChI is InChI=1S/C16H11N3.C6H5.ClH.F6P.Ru/c1-2-6-13-11(5-1)12-8-10-18-16(15(12)19-13)14-7-3-4-9-17-14;1-2-4-6-5-3-1;;1-7(2,3,4,5)6;/h1-10,19H;1-5H;1H;;/q;-1;;-1;+3/p-1. The van der Waals surface area contributed by atoms with E-state index in [2.05, 4.69) is 39.2 Å². The molecule has 0 fully saturated rings. The molecule has 3 aromatic heterocycles. The van der Waals surface area contributed by atoms with Gasteiger partial charge in [-0.15, -0.1) is 0 Å².